The SMILES string of the molecule is COC[C@@H](C)NC(=O)[C@@H]1CC(c2ccc(Cl)cc2)=NO1. The van der Waals surface area contributed by atoms with Crippen molar-refractivity contribution in [2.45, 2.75) is 25.5 Å². The lowest BCUT2D eigenvalue weighted by Crippen LogP contribution is -2.42. The van der Waals surface area contributed by atoms with E-state index in [-0.39, 0.29) is 11.9 Å². The molecule has 1 N–H and O–H groups in total. The van der Waals surface area contributed by atoms with E-state index in [1.54, 1.807) is 19.2 Å². The van der Waals surface area contributed by atoms with Crippen LogP contribution < -0.4 is 5.32 Å². The minimum Gasteiger partial charge on any atom is -0.383 e. The Labute approximate surface area is 122 Å². The van der Waals surface area contributed by atoms with E-state index >= 15 is 0 Å². The Hall–Kier alpha value is -1.59. The molecular weight excluding hydrogens is 280 g/mol. The van der Waals surface area contributed by atoms with E-state index in [4.69, 9.17) is 21.2 Å². The fourth-order valence-electron chi connectivity index (χ4n) is 1.96. The number of amides is 1. The highest BCUT2D eigenvalue weighted by Gasteiger charge is 2.29. The average Bonchev–Trinajstić information content (AvgIpc) is 2.89. The molecule has 1 amide bonds. The number of halogens is 1. The van der Waals surface area contributed by atoms with Gasteiger partial charge in [-0.05, 0) is 24.6 Å². The molecule has 1 aliphatic heterocycles. The number of methoxy groups -OCH3 is 1. The van der Waals surface area contributed by atoms with Gasteiger partial charge in [0, 0.05) is 24.6 Å². The second-order valence-electron chi connectivity index (χ2n) is 4.71. The Morgan fingerprint density at radius 2 is 2.25 bits per heavy atom. The first-order valence-corrected chi connectivity index (χ1v) is 6.76. The summed E-state index contributed by atoms with van der Waals surface area (Å²) >= 11 is 5.84. The normalized spacial score (nSPS) is 19.1. The van der Waals surface area contributed by atoms with E-state index in [1.165, 1.54) is 0 Å². The Morgan fingerprint density at radius 3 is 2.90 bits per heavy atom. The molecule has 0 saturated heterocycles. The summed E-state index contributed by atoms with van der Waals surface area (Å²) < 4.78 is 4.97. The molecule has 0 aromatic heterocycles. The van der Waals surface area contributed by atoms with Crippen molar-refractivity contribution in [3.8, 4) is 0 Å². The van der Waals surface area contributed by atoms with Crippen LogP contribution in [-0.2, 0) is 14.4 Å². The van der Waals surface area contributed by atoms with Crippen LogP contribution in [0.5, 0.6) is 0 Å². The smallest absolute Gasteiger partial charge is 0.264 e. The van der Waals surface area contributed by atoms with Crippen LogP contribution >= 0.6 is 11.6 Å². The zero-order chi connectivity index (χ0) is 14.5. The molecule has 1 aromatic carbocycles. The summed E-state index contributed by atoms with van der Waals surface area (Å²) in [7, 11) is 1.59. The number of oxime groups is 1. The predicted molar refractivity (Wildman–Crippen MR) is 77.0 cm³/mol. The highest BCUT2D eigenvalue weighted by atomic mass is 35.5. The second-order valence-corrected chi connectivity index (χ2v) is 5.14. The fraction of sp³-hybridized carbons (Fsp3) is 0.429. The van der Waals surface area contributed by atoms with Crippen LogP contribution in [0.25, 0.3) is 0 Å². The van der Waals surface area contributed by atoms with Crippen LogP contribution in [0.15, 0.2) is 29.4 Å². The maximum Gasteiger partial charge on any atom is 0.264 e. The molecule has 0 unspecified atom stereocenters. The standard InChI is InChI=1S/C14H17ClN2O3/c1-9(8-19-2)16-14(18)13-7-12(17-20-13)10-3-5-11(15)6-4-10/h3-6,9,13H,7-8H2,1-2H3,(H,16,18)/t9-,13+/m1/s1. The first-order chi connectivity index (χ1) is 9.60. The summed E-state index contributed by atoms with van der Waals surface area (Å²) in [5, 5.41) is 7.46. The van der Waals surface area contributed by atoms with Crippen LogP contribution in [0.4, 0.5) is 0 Å². The van der Waals surface area contributed by atoms with Crippen molar-refractivity contribution < 1.29 is 14.4 Å². The van der Waals surface area contributed by atoms with E-state index in [0.29, 0.717) is 18.1 Å². The third-order valence-electron chi connectivity index (χ3n) is 2.94. The Bertz CT molecular complexity index is 502. The van der Waals surface area contributed by atoms with Crippen LogP contribution in [0, 0.1) is 0 Å². The molecular formula is C14H17ClN2O3. The predicted octanol–water partition coefficient (Wildman–Crippen LogP) is 1.98. The zero-order valence-electron chi connectivity index (χ0n) is 11.4. The molecule has 2 atom stereocenters. The molecule has 1 aromatic rings. The van der Waals surface area contributed by atoms with Gasteiger partial charge in [0.25, 0.3) is 5.91 Å². The van der Waals surface area contributed by atoms with Crippen molar-refractivity contribution in [2.24, 2.45) is 5.16 Å². The molecule has 6 heteroatoms. The number of benzene rings is 1. The molecule has 1 heterocycles. The first-order valence-electron chi connectivity index (χ1n) is 6.38. The molecule has 5 nitrogen and oxygen atoms in total. The van der Waals surface area contributed by atoms with Gasteiger partial charge in [0.05, 0.1) is 12.3 Å². The molecule has 108 valence electrons. The molecule has 0 radical (unpaired) electrons. The monoisotopic (exact) mass is 296 g/mol. The molecule has 2 rings (SSSR count). The number of rotatable bonds is 5. The quantitative estimate of drug-likeness (QED) is 0.904. The van der Waals surface area contributed by atoms with Gasteiger partial charge in [-0.2, -0.15) is 0 Å². The van der Waals surface area contributed by atoms with Crippen LogP contribution in [-0.4, -0.2) is 37.5 Å². The third kappa shape index (κ3) is 3.71. The maximum atomic E-state index is 12.0. The minimum atomic E-state index is -0.583. The van der Waals surface area contributed by atoms with Crippen LogP contribution in [0.2, 0.25) is 5.02 Å². The van der Waals surface area contributed by atoms with Crippen molar-refractivity contribution in [2.75, 3.05) is 13.7 Å². The summed E-state index contributed by atoms with van der Waals surface area (Å²) in [5.41, 5.74) is 1.66. The summed E-state index contributed by atoms with van der Waals surface area (Å²) in [6.45, 7) is 2.33. The molecule has 1 aliphatic rings. The molecule has 0 bridgehead atoms. The summed E-state index contributed by atoms with van der Waals surface area (Å²) in [4.78, 5) is 17.2. The fourth-order valence-corrected chi connectivity index (χ4v) is 2.08. The summed E-state index contributed by atoms with van der Waals surface area (Å²) in [6.07, 6.45) is -0.132. The van der Waals surface area contributed by atoms with Gasteiger partial charge in [0.2, 0.25) is 6.10 Å². The topological polar surface area (TPSA) is 59.9 Å². The average molecular weight is 297 g/mol. The van der Waals surface area contributed by atoms with Gasteiger partial charge in [-0.3, -0.25) is 4.79 Å². The number of ether oxygens (including phenoxy) is 1. The van der Waals surface area contributed by atoms with Crippen molar-refractivity contribution in [1.29, 1.82) is 0 Å². The number of nitrogens with zero attached hydrogens (tertiary/aromatic N) is 1. The van der Waals surface area contributed by atoms with Gasteiger partial charge in [0.15, 0.2) is 0 Å². The van der Waals surface area contributed by atoms with Crippen LogP contribution in [0.3, 0.4) is 0 Å². The first kappa shape index (κ1) is 14.8. The van der Waals surface area contributed by atoms with Gasteiger partial charge in [-0.15, -0.1) is 0 Å². The minimum absolute atomic E-state index is 0.0596. The van der Waals surface area contributed by atoms with Gasteiger partial charge < -0.3 is 14.9 Å². The lowest BCUT2D eigenvalue weighted by Gasteiger charge is -2.15. The van der Waals surface area contributed by atoms with E-state index < -0.39 is 6.10 Å². The second kappa shape index (κ2) is 6.72. The van der Waals surface area contributed by atoms with Gasteiger partial charge in [-0.1, -0.05) is 28.9 Å². The van der Waals surface area contributed by atoms with E-state index in [2.05, 4.69) is 10.5 Å². The molecule has 0 aliphatic carbocycles. The highest BCUT2D eigenvalue weighted by Crippen LogP contribution is 2.18. The summed E-state index contributed by atoms with van der Waals surface area (Å²) in [6, 6.07) is 7.23. The van der Waals surface area contributed by atoms with Gasteiger partial charge in [0.1, 0.15) is 0 Å². The van der Waals surface area contributed by atoms with E-state index in [0.717, 1.165) is 11.3 Å². The number of hydrogen-bond donors (Lipinski definition) is 1. The lowest BCUT2D eigenvalue weighted by molar-refractivity contribution is -0.132. The van der Waals surface area contributed by atoms with Crippen molar-refractivity contribution in [3.63, 3.8) is 0 Å². The van der Waals surface area contributed by atoms with E-state index in [1.807, 2.05) is 19.1 Å². The largest absolute Gasteiger partial charge is 0.383 e. The van der Waals surface area contributed by atoms with Crippen molar-refractivity contribution in [3.05, 3.63) is 34.9 Å². The Morgan fingerprint density at radius 1 is 1.55 bits per heavy atom. The highest BCUT2D eigenvalue weighted by molar-refractivity contribution is 6.30. The van der Waals surface area contributed by atoms with Crippen LogP contribution in [0.1, 0.15) is 18.9 Å². The number of nitrogens with one attached hydrogen (secondary N) is 1. The summed E-state index contributed by atoms with van der Waals surface area (Å²) in [5.74, 6) is -0.178. The van der Waals surface area contributed by atoms with Crippen molar-refractivity contribution >= 4 is 23.2 Å². The molecule has 20 heavy (non-hydrogen) atoms. The number of hydrogen-bond acceptors (Lipinski definition) is 4. The van der Waals surface area contributed by atoms with Gasteiger partial charge in [-0.25, -0.2) is 0 Å². The maximum absolute atomic E-state index is 12.0. The zero-order valence-corrected chi connectivity index (χ0v) is 12.2. The van der Waals surface area contributed by atoms with Crippen molar-refractivity contribution in [1.82, 2.24) is 5.32 Å². The number of carbonyl (C=O) groups is 1. The Kier molecular flexibility index (Phi) is 4.98. The van der Waals surface area contributed by atoms with Gasteiger partial charge >= 0.3 is 0 Å². The molecule has 0 fully saturated rings. The molecule has 0 saturated carbocycles. The number of carbonyl (C=O) groups excluding carboxylic acids is 1. The third-order valence-corrected chi connectivity index (χ3v) is 3.20. The Balaban J connectivity index is 1.91. The van der Waals surface area contributed by atoms with E-state index in [9.17, 15) is 4.79 Å². The molecule has 0 spiro atoms. The lowest BCUT2D eigenvalue weighted by atomic mass is 10.0.